The van der Waals surface area contributed by atoms with Gasteiger partial charge < -0.3 is 33.5 Å². The lowest BCUT2D eigenvalue weighted by atomic mass is 9.86. The summed E-state index contributed by atoms with van der Waals surface area (Å²) in [5.41, 5.74) is 2.60. The smallest absolute Gasteiger partial charge is 0.409 e. The van der Waals surface area contributed by atoms with Gasteiger partial charge in [-0.25, -0.2) is 14.6 Å². The normalized spacial score (nSPS) is 17.7. The summed E-state index contributed by atoms with van der Waals surface area (Å²) < 4.78 is 23.6. The molecular formula is C32H29N3O8. The van der Waals surface area contributed by atoms with Gasteiger partial charge in [0.15, 0.2) is 17.1 Å². The van der Waals surface area contributed by atoms with Crippen molar-refractivity contribution in [3.8, 4) is 22.9 Å². The monoisotopic (exact) mass is 583 g/mol. The van der Waals surface area contributed by atoms with Gasteiger partial charge in [0, 0.05) is 36.2 Å². The van der Waals surface area contributed by atoms with Gasteiger partial charge in [-0.05, 0) is 36.1 Å². The Morgan fingerprint density at radius 2 is 1.86 bits per heavy atom. The van der Waals surface area contributed by atoms with E-state index in [9.17, 15) is 19.5 Å². The second-order valence-electron chi connectivity index (χ2n) is 11.0. The van der Waals surface area contributed by atoms with Crippen LogP contribution in [-0.4, -0.2) is 52.0 Å². The van der Waals surface area contributed by atoms with Crippen molar-refractivity contribution in [2.24, 2.45) is 0 Å². The van der Waals surface area contributed by atoms with Crippen LogP contribution in [0.4, 0.5) is 4.79 Å². The highest BCUT2D eigenvalue weighted by Crippen LogP contribution is 2.43. The van der Waals surface area contributed by atoms with Gasteiger partial charge in [0.05, 0.1) is 29.0 Å². The minimum absolute atomic E-state index is 0.0567. The fourth-order valence-corrected chi connectivity index (χ4v) is 6.04. The van der Waals surface area contributed by atoms with E-state index in [1.165, 1.54) is 4.90 Å². The molecule has 0 bridgehead atoms. The lowest BCUT2D eigenvalue weighted by molar-refractivity contribution is -0.172. The third-order valence-corrected chi connectivity index (χ3v) is 8.51. The number of esters is 1. The number of pyridine rings is 2. The largest absolute Gasteiger partial charge is 0.458 e. The topological polar surface area (TPSA) is 129 Å². The van der Waals surface area contributed by atoms with Gasteiger partial charge in [0.2, 0.25) is 6.79 Å². The number of hydrogen-bond donors (Lipinski definition) is 1. The highest BCUT2D eigenvalue weighted by molar-refractivity contribution is 5.91. The molecule has 0 fully saturated rings. The maximum absolute atomic E-state index is 13.7. The van der Waals surface area contributed by atoms with E-state index in [-0.39, 0.29) is 49.7 Å². The molecule has 0 spiro atoms. The van der Waals surface area contributed by atoms with E-state index < -0.39 is 17.7 Å². The molecule has 5 heterocycles. The third kappa shape index (κ3) is 4.30. The molecule has 3 aliphatic rings. The van der Waals surface area contributed by atoms with Crippen molar-refractivity contribution in [1.82, 2.24) is 14.5 Å². The van der Waals surface area contributed by atoms with Gasteiger partial charge in [-0.2, -0.15) is 0 Å². The molecule has 3 aliphatic heterocycles. The lowest BCUT2D eigenvalue weighted by Crippen LogP contribution is -2.44. The van der Waals surface area contributed by atoms with E-state index in [0.717, 1.165) is 22.1 Å². The van der Waals surface area contributed by atoms with E-state index in [2.05, 4.69) is 0 Å². The van der Waals surface area contributed by atoms with Crippen molar-refractivity contribution in [1.29, 1.82) is 0 Å². The van der Waals surface area contributed by atoms with Gasteiger partial charge in [-0.3, -0.25) is 4.79 Å². The molecule has 11 nitrogen and oxygen atoms in total. The van der Waals surface area contributed by atoms with Crippen molar-refractivity contribution in [3.05, 3.63) is 86.7 Å². The first-order valence-corrected chi connectivity index (χ1v) is 14.1. The first-order chi connectivity index (χ1) is 20.8. The maximum Gasteiger partial charge on any atom is 0.409 e. The molecule has 1 amide bonds. The average Bonchev–Trinajstić information content (AvgIpc) is 3.64. The number of fused-ring (bicyclic) bond motifs is 6. The molecule has 0 radical (unpaired) electrons. The Hall–Kier alpha value is -4.90. The van der Waals surface area contributed by atoms with Crippen LogP contribution in [0.15, 0.2) is 53.3 Å². The van der Waals surface area contributed by atoms with Crippen molar-refractivity contribution >= 4 is 23.0 Å². The van der Waals surface area contributed by atoms with Crippen molar-refractivity contribution in [3.63, 3.8) is 0 Å². The fourth-order valence-electron chi connectivity index (χ4n) is 6.04. The first-order valence-electron chi connectivity index (χ1n) is 14.1. The Labute approximate surface area is 246 Å². The van der Waals surface area contributed by atoms with E-state index in [1.54, 1.807) is 30.7 Å². The Bertz CT molecular complexity index is 1870. The first kappa shape index (κ1) is 27.0. The number of hydrogen-bond acceptors (Lipinski definition) is 9. The van der Waals surface area contributed by atoms with Gasteiger partial charge in [0.1, 0.15) is 13.2 Å². The molecule has 7 rings (SSSR count). The minimum atomic E-state index is -1.92. The molecule has 0 saturated heterocycles. The molecular weight excluding hydrogens is 554 g/mol. The summed E-state index contributed by atoms with van der Waals surface area (Å²) in [6.45, 7) is 2.32. The summed E-state index contributed by atoms with van der Waals surface area (Å²) in [4.78, 5) is 45.6. The molecule has 43 heavy (non-hydrogen) atoms. The molecule has 0 unspecified atom stereocenters. The number of benzene rings is 2. The van der Waals surface area contributed by atoms with Crippen LogP contribution in [0.5, 0.6) is 11.5 Å². The summed E-state index contributed by atoms with van der Waals surface area (Å²) in [6, 6.07) is 14.8. The van der Waals surface area contributed by atoms with Crippen LogP contribution >= 0.6 is 0 Å². The number of likely N-dealkylation sites (N-methyl/N-ethyl adjacent to an activating group) is 1. The minimum Gasteiger partial charge on any atom is -0.458 e. The van der Waals surface area contributed by atoms with Crippen molar-refractivity contribution in [2.45, 2.75) is 45.1 Å². The zero-order valence-corrected chi connectivity index (χ0v) is 23.7. The van der Waals surface area contributed by atoms with Crippen LogP contribution < -0.4 is 15.0 Å². The second kappa shape index (κ2) is 10.1. The molecule has 0 saturated carbocycles. The Kier molecular flexibility index (Phi) is 6.35. The predicted molar refractivity (Wildman–Crippen MR) is 154 cm³/mol. The molecule has 2 aromatic carbocycles. The van der Waals surface area contributed by atoms with E-state index >= 15 is 0 Å². The third-order valence-electron chi connectivity index (χ3n) is 8.51. The number of ether oxygens (including phenoxy) is 4. The highest BCUT2D eigenvalue weighted by atomic mass is 16.7. The summed E-state index contributed by atoms with van der Waals surface area (Å²) in [5, 5.41) is 12.0. The summed E-state index contributed by atoms with van der Waals surface area (Å²) in [6.07, 6.45) is 0.0503. The summed E-state index contributed by atoms with van der Waals surface area (Å²) >= 11 is 0. The van der Waals surface area contributed by atoms with Crippen LogP contribution in [0.2, 0.25) is 0 Å². The Morgan fingerprint density at radius 1 is 1.09 bits per heavy atom. The average molecular weight is 584 g/mol. The number of amides is 1. The lowest BCUT2D eigenvalue weighted by Gasteiger charge is -2.31. The van der Waals surface area contributed by atoms with E-state index in [4.69, 9.17) is 23.9 Å². The Morgan fingerprint density at radius 3 is 2.63 bits per heavy atom. The van der Waals surface area contributed by atoms with Crippen LogP contribution in [0.1, 0.15) is 41.2 Å². The highest BCUT2D eigenvalue weighted by Gasteiger charge is 2.45. The van der Waals surface area contributed by atoms with Gasteiger partial charge in [0.25, 0.3) is 5.56 Å². The number of cyclic esters (lactones) is 1. The molecule has 0 aliphatic carbocycles. The van der Waals surface area contributed by atoms with Crippen LogP contribution in [-0.2, 0) is 46.0 Å². The quantitative estimate of drug-likeness (QED) is 0.298. The number of aromatic nitrogens is 2. The number of nitrogens with zero attached hydrogens (tertiary/aromatic N) is 3. The van der Waals surface area contributed by atoms with Crippen molar-refractivity contribution < 1.29 is 33.6 Å². The van der Waals surface area contributed by atoms with E-state index in [1.807, 2.05) is 36.4 Å². The molecule has 220 valence electrons. The zero-order valence-electron chi connectivity index (χ0n) is 23.7. The number of rotatable bonds is 6. The standard InChI is InChI=1S/C32H29N3O8/c1-3-32(39)23-12-25-28-21(14-35(25)29(36)22(23)16-40-30(32)37)19(20-11-26-27(43-17-42-26)13-24(20)33-28)9-10-34(2)31(38)41-15-18-7-5-4-6-8-18/h4-8,11-13,39H,3,9-10,14-17H2,1-2H3/t32-/m0/s1. The zero-order chi connectivity index (χ0) is 29.9. The second-order valence-corrected chi connectivity index (χ2v) is 11.0. The summed E-state index contributed by atoms with van der Waals surface area (Å²) in [5.74, 6) is 0.390. The van der Waals surface area contributed by atoms with Crippen LogP contribution in [0.3, 0.4) is 0 Å². The number of carbonyl (C=O) groups excluding carboxylic acids is 2. The predicted octanol–water partition coefficient (Wildman–Crippen LogP) is 3.62. The van der Waals surface area contributed by atoms with Gasteiger partial charge >= 0.3 is 12.1 Å². The van der Waals surface area contributed by atoms with Gasteiger partial charge in [-0.1, -0.05) is 37.3 Å². The SMILES string of the molecule is CC[C@@]1(O)C(=O)OCc2c1cc1n(c2=O)Cc2c-1nc1cc3c(cc1c2CCN(C)C(=O)OCc1ccccc1)OCO3. The number of carbonyl (C=O) groups is 2. The summed E-state index contributed by atoms with van der Waals surface area (Å²) in [7, 11) is 1.68. The number of aliphatic hydroxyl groups is 1. The van der Waals surface area contributed by atoms with Crippen LogP contribution in [0.25, 0.3) is 22.3 Å². The molecule has 4 aromatic rings. The molecule has 1 N–H and O–H groups in total. The van der Waals surface area contributed by atoms with Crippen LogP contribution in [0, 0.1) is 0 Å². The van der Waals surface area contributed by atoms with Gasteiger partial charge in [-0.15, -0.1) is 0 Å². The molecule has 2 aromatic heterocycles. The Balaban J connectivity index is 1.28. The maximum atomic E-state index is 13.7. The molecule has 1 atom stereocenters. The fraction of sp³-hybridized carbons (Fsp3) is 0.312. The molecule has 11 heteroatoms. The van der Waals surface area contributed by atoms with E-state index in [0.29, 0.717) is 41.4 Å². The van der Waals surface area contributed by atoms with Crippen molar-refractivity contribution in [2.75, 3.05) is 20.4 Å².